The minimum Gasteiger partial charge on any atom is -0.338 e. The van der Waals surface area contributed by atoms with E-state index >= 15 is 0 Å². The molecule has 0 atom stereocenters. The van der Waals surface area contributed by atoms with Gasteiger partial charge in [-0.1, -0.05) is 29.3 Å². The number of benzene rings is 1. The second-order valence-electron chi connectivity index (χ2n) is 8.07. The molecule has 3 aromatic rings. The molecule has 0 saturated carbocycles. The first-order valence-corrected chi connectivity index (χ1v) is 10.9. The summed E-state index contributed by atoms with van der Waals surface area (Å²) in [4.78, 5) is 30.9. The van der Waals surface area contributed by atoms with E-state index in [-0.39, 0.29) is 30.6 Å². The van der Waals surface area contributed by atoms with Crippen LogP contribution < -0.4 is 5.32 Å². The van der Waals surface area contributed by atoms with Crippen molar-refractivity contribution in [3.05, 3.63) is 70.6 Å². The van der Waals surface area contributed by atoms with E-state index < -0.39 is 23.3 Å². The van der Waals surface area contributed by atoms with Crippen LogP contribution in [0, 0.1) is 12.8 Å². The molecule has 0 bridgehead atoms. The van der Waals surface area contributed by atoms with Gasteiger partial charge in [0.25, 0.3) is 5.91 Å². The smallest absolute Gasteiger partial charge is 0.338 e. The normalized spacial score (nSPS) is 14.8. The van der Waals surface area contributed by atoms with Gasteiger partial charge in [-0.2, -0.15) is 18.3 Å². The maximum Gasteiger partial charge on any atom is 0.434 e. The van der Waals surface area contributed by atoms with Crippen molar-refractivity contribution in [2.24, 2.45) is 5.92 Å². The molecule has 0 spiro atoms. The third-order valence-corrected chi connectivity index (χ3v) is 5.90. The molecule has 1 N–H and O–H groups in total. The Morgan fingerprint density at radius 3 is 2.32 bits per heavy atom. The molecule has 1 saturated heterocycles. The molecule has 3 heterocycles. The van der Waals surface area contributed by atoms with Crippen LogP contribution >= 0.6 is 11.6 Å². The van der Waals surface area contributed by atoms with Crippen LogP contribution in [0.1, 0.15) is 34.5 Å². The Kier molecular flexibility index (Phi) is 6.60. The second kappa shape index (κ2) is 9.46. The molecule has 0 unspecified atom stereocenters. The largest absolute Gasteiger partial charge is 0.434 e. The SMILES string of the molecule is Cc1ccc(-n2ncc(C(=O)N3CCC(C(=O)Nc4ccc(Cl)cn4)CC3)c2C(F)(F)F)cc1. The summed E-state index contributed by atoms with van der Waals surface area (Å²) >= 11 is 5.79. The van der Waals surface area contributed by atoms with E-state index in [0.717, 1.165) is 16.4 Å². The Bertz CT molecular complexity index is 1180. The predicted octanol–water partition coefficient (Wildman–Crippen LogP) is 4.74. The quantitative estimate of drug-likeness (QED) is 0.571. The van der Waals surface area contributed by atoms with Gasteiger partial charge in [0.15, 0.2) is 5.69 Å². The molecular formula is C23H21ClF3N5O2. The van der Waals surface area contributed by atoms with E-state index in [1.54, 1.807) is 24.3 Å². The van der Waals surface area contributed by atoms with Crippen molar-refractivity contribution in [3.8, 4) is 5.69 Å². The first-order chi connectivity index (χ1) is 16.1. The topological polar surface area (TPSA) is 80.1 Å². The maximum absolute atomic E-state index is 13.9. The van der Waals surface area contributed by atoms with E-state index in [9.17, 15) is 22.8 Å². The lowest BCUT2D eigenvalue weighted by atomic mass is 9.95. The summed E-state index contributed by atoms with van der Waals surface area (Å²) in [5.74, 6) is -1.06. The number of aryl methyl sites for hydroxylation is 1. The van der Waals surface area contributed by atoms with Crippen LogP contribution in [0.4, 0.5) is 19.0 Å². The molecule has 34 heavy (non-hydrogen) atoms. The van der Waals surface area contributed by atoms with Gasteiger partial charge in [0.1, 0.15) is 5.82 Å². The zero-order valence-corrected chi connectivity index (χ0v) is 18.9. The molecular weight excluding hydrogens is 471 g/mol. The minimum atomic E-state index is -4.78. The number of aromatic nitrogens is 3. The standard InChI is InChI=1S/C23H21ClF3N5O2/c1-14-2-5-17(6-3-14)32-20(23(25,26)27)18(13-29-32)22(34)31-10-8-15(9-11-31)21(33)30-19-7-4-16(24)12-28-19/h2-7,12-13,15H,8-11H2,1H3,(H,28,30,33). The fourth-order valence-electron chi connectivity index (χ4n) is 3.85. The Hall–Kier alpha value is -3.40. The van der Waals surface area contributed by atoms with E-state index in [1.165, 1.54) is 23.2 Å². The van der Waals surface area contributed by atoms with Crippen molar-refractivity contribution in [1.29, 1.82) is 0 Å². The lowest BCUT2D eigenvalue weighted by molar-refractivity contribution is -0.143. The van der Waals surface area contributed by atoms with Crippen LogP contribution in [-0.4, -0.2) is 44.6 Å². The van der Waals surface area contributed by atoms with Crippen molar-refractivity contribution in [2.45, 2.75) is 25.9 Å². The van der Waals surface area contributed by atoms with Crippen molar-refractivity contribution in [3.63, 3.8) is 0 Å². The van der Waals surface area contributed by atoms with Crippen LogP contribution in [0.3, 0.4) is 0 Å². The van der Waals surface area contributed by atoms with Crippen molar-refractivity contribution in [2.75, 3.05) is 18.4 Å². The molecule has 0 radical (unpaired) electrons. The van der Waals surface area contributed by atoms with Gasteiger partial charge in [0.05, 0.1) is 22.5 Å². The van der Waals surface area contributed by atoms with E-state index in [0.29, 0.717) is 23.7 Å². The van der Waals surface area contributed by atoms with E-state index in [4.69, 9.17) is 11.6 Å². The summed E-state index contributed by atoms with van der Waals surface area (Å²) < 4.78 is 42.5. The lowest BCUT2D eigenvalue weighted by Gasteiger charge is -2.31. The average molecular weight is 492 g/mol. The second-order valence-corrected chi connectivity index (χ2v) is 8.51. The van der Waals surface area contributed by atoms with Gasteiger partial charge < -0.3 is 10.2 Å². The van der Waals surface area contributed by atoms with E-state index in [2.05, 4.69) is 15.4 Å². The van der Waals surface area contributed by atoms with Gasteiger partial charge in [0.2, 0.25) is 5.91 Å². The number of nitrogens with zero attached hydrogens (tertiary/aromatic N) is 4. The number of carbonyl (C=O) groups is 2. The van der Waals surface area contributed by atoms with Crippen LogP contribution in [-0.2, 0) is 11.0 Å². The Labute approximate surface area is 198 Å². The molecule has 1 aromatic carbocycles. The molecule has 1 aliphatic heterocycles. The number of hydrogen-bond donors (Lipinski definition) is 1. The van der Waals surface area contributed by atoms with E-state index in [1.807, 2.05) is 6.92 Å². The van der Waals surface area contributed by atoms with Gasteiger partial charge in [-0.25, -0.2) is 9.67 Å². The summed E-state index contributed by atoms with van der Waals surface area (Å²) in [7, 11) is 0. The van der Waals surface area contributed by atoms with Gasteiger partial charge in [-0.3, -0.25) is 9.59 Å². The highest BCUT2D eigenvalue weighted by molar-refractivity contribution is 6.30. The Morgan fingerprint density at radius 1 is 1.06 bits per heavy atom. The number of halogens is 4. The molecule has 2 aromatic heterocycles. The Balaban J connectivity index is 1.47. The fourth-order valence-corrected chi connectivity index (χ4v) is 3.96. The number of alkyl halides is 3. The summed E-state index contributed by atoms with van der Waals surface area (Å²) in [5.41, 5.74) is -0.529. The van der Waals surface area contributed by atoms with Gasteiger partial charge >= 0.3 is 6.18 Å². The highest BCUT2D eigenvalue weighted by atomic mass is 35.5. The summed E-state index contributed by atoms with van der Waals surface area (Å²) in [6.45, 7) is 2.12. The number of amides is 2. The zero-order valence-electron chi connectivity index (χ0n) is 18.1. The van der Waals surface area contributed by atoms with Crippen molar-refractivity contribution < 1.29 is 22.8 Å². The molecule has 1 aliphatic rings. The number of likely N-dealkylation sites (tertiary alicyclic amines) is 1. The molecule has 7 nitrogen and oxygen atoms in total. The van der Waals surface area contributed by atoms with Gasteiger partial charge in [-0.05, 0) is 44.0 Å². The number of hydrogen-bond acceptors (Lipinski definition) is 4. The minimum absolute atomic E-state index is 0.151. The average Bonchev–Trinajstić information content (AvgIpc) is 3.26. The maximum atomic E-state index is 13.9. The number of rotatable bonds is 4. The van der Waals surface area contributed by atoms with Crippen molar-refractivity contribution in [1.82, 2.24) is 19.7 Å². The highest BCUT2D eigenvalue weighted by Gasteiger charge is 2.42. The first-order valence-electron chi connectivity index (χ1n) is 10.6. The summed E-state index contributed by atoms with van der Waals surface area (Å²) in [6, 6.07) is 9.56. The molecule has 0 aliphatic carbocycles. The predicted molar refractivity (Wildman–Crippen MR) is 120 cm³/mol. The molecule has 11 heteroatoms. The molecule has 178 valence electrons. The summed E-state index contributed by atoms with van der Waals surface area (Å²) in [5, 5.41) is 7.00. The third kappa shape index (κ3) is 5.06. The number of anilines is 1. The number of pyridine rings is 1. The number of nitrogens with one attached hydrogen (secondary N) is 1. The van der Waals surface area contributed by atoms with Crippen LogP contribution in [0.5, 0.6) is 0 Å². The monoisotopic (exact) mass is 491 g/mol. The van der Waals surface area contributed by atoms with Gasteiger partial charge in [0, 0.05) is 25.2 Å². The number of piperidine rings is 1. The lowest BCUT2D eigenvalue weighted by Crippen LogP contribution is -2.42. The molecule has 2 amide bonds. The molecule has 4 rings (SSSR count). The summed E-state index contributed by atoms with van der Waals surface area (Å²) in [6.07, 6.45) is -1.78. The first kappa shape index (κ1) is 23.7. The highest BCUT2D eigenvalue weighted by Crippen LogP contribution is 2.35. The number of carbonyl (C=O) groups excluding carboxylic acids is 2. The van der Waals surface area contributed by atoms with Gasteiger partial charge in [-0.15, -0.1) is 0 Å². The third-order valence-electron chi connectivity index (χ3n) is 5.68. The Morgan fingerprint density at radius 2 is 1.74 bits per heavy atom. The van der Waals surface area contributed by atoms with Crippen LogP contribution in [0.2, 0.25) is 5.02 Å². The zero-order chi connectivity index (χ0) is 24.5. The van der Waals surface area contributed by atoms with Crippen molar-refractivity contribution >= 4 is 29.2 Å². The van der Waals surface area contributed by atoms with Crippen LogP contribution in [0.25, 0.3) is 5.69 Å². The molecule has 1 fully saturated rings. The van der Waals surface area contributed by atoms with Crippen LogP contribution in [0.15, 0.2) is 48.8 Å². The fraction of sp³-hybridized carbons (Fsp3) is 0.304.